The monoisotopic (exact) mass is 493 g/mol. The molecule has 0 aromatic heterocycles. The van der Waals surface area contributed by atoms with Gasteiger partial charge < -0.3 is 14.9 Å². The first-order chi connectivity index (χ1) is 12.8. The van der Waals surface area contributed by atoms with E-state index in [1.54, 1.807) is 6.07 Å². The molecule has 0 heterocycles. The Balaban J connectivity index is 2.26. The minimum Gasteiger partial charge on any atom is -0.487 e. The zero-order chi connectivity index (χ0) is 20.0. The molecule has 9 heteroatoms. The molecule has 0 aliphatic carbocycles. The summed E-state index contributed by atoms with van der Waals surface area (Å²) in [6.45, 7) is -0.398. The number of nitro benzene ring substituents is 1. The van der Waals surface area contributed by atoms with Crippen molar-refractivity contribution in [3.8, 4) is 5.75 Å². The van der Waals surface area contributed by atoms with Crippen LogP contribution in [0.3, 0.4) is 0 Å². The van der Waals surface area contributed by atoms with Crippen LogP contribution in [-0.2, 0) is 6.42 Å². The van der Waals surface area contributed by atoms with Crippen molar-refractivity contribution in [3.05, 3.63) is 66.8 Å². The van der Waals surface area contributed by atoms with Crippen molar-refractivity contribution in [2.24, 2.45) is 0 Å². The molecule has 0 radical (unpaired) electrons. The van der Waals surface area contributed by atoms with Gasteiger partial charge >= 0.3 is 5.69 Å². The molecule has 0 saturated carbocycles. The fourth-order valence-corrected chi connectivity index (χ4v) is 3.00. The fourth-order valence-electron chi connectivity index (χ4n) is 2.54. The lowest BCUT2D eigenvalue weighted by Gasteiger charge is -2.12. The van der Waals surface area contributed by atoms with E-state index in [-0.39, 0.29) is 36.3 Å². The van der Waals surface area contributed by atoms with E-state index in [0.29, 0.717) is 9.99 Å². The highest BCUT2D eigenvalue weighted by Gasteiger charge is 2.24. The molecule has 0 aliphatic rings. The molecular formula is C18H18F2INO5. The summed E-state index contributed by atoms with van der Waals surface area (Å²) in [5, 5.41) is 29.6. The maximum atomic E-state index is 14.1. The SMILES string of the molecule is O=[N+]([O-])c1c(Cc2ccc(I)cc2F)cc(F)cc1OCCC[C@H](O)CO. The third-order valence-corrected chi connectivity index (χ3v) is 4.52. The van der Waals surface area contributed by atoms with Crippen LogP contribution in [0, 0.1) is 25.3 Å². The van der Waals surface area contributed by atoms with E-state index in [1.807, 2.05) is 22.6 Å². The number of benzene rings is 2. The predicted octanol–water partition coefficient (Wildman–Crippen LogP) is 3.58. The third-order valence-electron chi connectivity index (χ3n) is 3.85. The van der Waals surface area contributed by atoms with E-state index >= 15 is 0 Å². The number of halogens is 3. The Morgan fingerprint density at radius 1 is 1.22 bits per heavy atom. The standard InChI is InChI=1S/C18H18F2INO5/c19-13-7-12(6-11-3-4-14(21)9-16(11)20)18(22(25)26)17(8-13)27-5-1-2-15(24)10-23/h3-4,7-9,15,23-24H,1-2,5-6,10H2/t15-/m0/s1. The maximum Gasteiger partial charge on any atom is 0.314 e. The van der Waals surface area contributed by atoms with Crippen LogP contribution in [0.15, 0.2) is 30.3 Å². The smallest absolute Gasteiger partial charge is 0.314 e. The van der Waals surface area contributed by atoms with Crippen molar-refractivity contribution >= 4 is 28.3 Å². The predicted molar refractivity (Wildman–Crippen MR) is 103 cm³/mol. The molecule has 2 N–H and O–H groups in total. The van der Waals surface area contributed by atoms with Crippen molar-refractivity contribution in [1.29, 1.82) is 0 Å². The summed E-state index contributed by atoms with van der Waals surface area (Å²) < 4.78 is 34.1. The van der Waals surface area contributed by atoms with Crippen molar-refractivity contribution in [1.82, 2.24) is 0 Å². The van der Waals surface area contributed by atoms with E-state index in [1.165, 1.54) is 12.1 Å². The highest BCUT2D eigenvalue weighted by molar-refractivity contribution is 14.1. The molecule has 0 unspecified atom stereocenters. The van der Waals surface area contributed by atoms with E-state index in [4.69, 9.17) is 9.84 Å². The van der Waals surface area contributed by atoms with Gasteiger partial charge in [-0.3, -0.25) is 10.1 Å². The second kappa shape index (κ2) is 9.90. The molecule has 2 aromatic carbocycles. The van der Waals surface area contributed by atoms with Gasteiger partial charge in [-0.1, -0.05) is 6.07 Å². The van der Waals surface area contributed by atoms with Gasteiger partial charge in [0.05, 0.1) is 24.2 Å². The molecule has 0 bridgehead atoms. The average molecular weight is 493 g/mol. The summed E-state index contributed by atoms with van der Waals surface area (Å²) in [6, 6.07) is 6.37. The summed E-state index contributed by atoms with van der Waals surface area (Å²) in [6.07, 6.45) is -0.511. The number of aliphatic hydroxyl groups excluding tert-OH is 2. The molecule has 0 aliphatic heterocycles. The van der Waals surface area contributed by atoms with Crippen LogP contribution in [0.5, 0.6) is 5.75 Å². The number of hydrogen-bond acceptors (Lipinski definition) is 5. The Hall–Kier alpha value is -1.85. The largest absolute Gasteiger partial charge is 0.487 e. The number of rotatable bonds is 9. The Bertz CT molecular complexity index is 819. The number of ether oxygens (including phenoxy) is 1. The van der Waals surface area contributed by atoms with Gasteiger partial charge in [-0.15, -0.1) is 0 Å². The lowest BCUT2D eigenvalue weighted by atomic mass is 10.0. The van der Waals surface area contributed by atoms with Crippen molar-refractivity contribution in [3.63, 3.8) is 0 Å². The Morgan fingerprint density at radius 2 is 1.96 bits per heavy atom. The molecule has 0 amide bonds. The fraction of sp³-hybridized carbons (Fsp3) is 0.333. The first-order valence-electron chi connectivity index (χ1n) is 8.14. The highest BCUT2D eigenvalue weighted by atomic mass is 127. The van der Waals surface area contributed by atoms with Gasteiger partial charge in [-0.05, 0) is 59.2 Å². The summed E-state index contributed by atoms with van der Waals surface area (Å²) in [7, 11) is 0. The number of hydrogen-bond donors (Lipinski definition) is 2. The van der Waals surface area contributed by atoms with Gasteiger partial charge in [0.15, 0.2) is 5.75 Å². The lowest BCUT2D eigenvalue weighted by Crippen LogP contribution is -2.13. The summed E-state index contributed by atoms with van der Waals surface area (Å²) in [5.74, 6) is -1.51. The third kappa shape index (κ3) is 6.08. The Morgan fingerprint density at radius 3 is 2.59 bits per heavy atom. The highest BCUT2D eigenvalue weighted by Crippen LogP contribution is 2.34. The van der Waals surface area contributed by atoms with E-state index in [2.05, 4.69) is 0 Å². The topological polar surface area (TPSA) is 92.8 Å². The molecule has 0 saturated heterocycles. The summed E-state index contributed by atoms with van der Waals surface area (Å²) in [4.78, 5) is 10.8. The molecular weight excluding hydrogens is 475 g/mol. The van der Waals surface area contributed by atoms with E-state index < -0.39 is 35.0 Å². The molecule has 27 heavy (non-hydrogen) atoms. The average Bonchev–Trinajstić information content (AvgIpc) is 2.60. The van der Waals surface area contributed by atoms with Crippen LogP contribution in [0.4, 0.5) is 14.5 Å². The van der Waals surface area contributed by atoms with Crippen LogP contribution in [0.25, 0.3) is 0 Å². The van der Waals surface area contributed by atoms with Gasteiger partial charge in [0.2, 0.25) is 0 Å². The molecule has 2 rings (SSSR count). The molecule has 146 valence electrons. The van der Waals surface area contributed by atoms with E-state index in [9.17, 15) is 24.0 Å². The molecule has 0 spiro atoms. The lowest BCUT2D eigenvalue weighted by molar-refractivity contribution is -0.386. The minimum atomic E-state index is -0.907. The van der Waals surface area contributed by atoms with Gasteiger partial charge in [-0.2, -0.15) is 0 Å². The Labute approximate surface area is 168 Å². The molecule has 1 atom stereocenters. The molecule has 2 aromatic rings. The van der Waals surface area contributed by atoms with Gasteiger partial charge in [0.25, 0.3) is 0 Å². The van der Waals surface area contributed by atoms with Gasteiger partial charge in [0, 0.05) is 21.6 Å². The first-order valence-corrected chi connectivity index (χ1v) is 9.22. The first kappa shape index (κ1) is 21.5. The number of nitro groups is 1. The molecule has 6 nitrogen and oxygen atoms in total. The van der Waals surface area contributed by atoms with Crippen LogP contribution in [-0.4, -0.2) is 34.5 Å². The number of aliphatic hydroxyl groups is 2. The van der Waals surface area contributed by atoms with Crippen LogP contribution in [0.2, 0.25) is 0 Å². The van der Waals surface area contributed by atoms with Crippen molar-refractivity contribution < 1.29 is 28.7 Å². The Kier molecular flexibility index (Phi) is 7.87. The second-order valence-corrected chi connectivity index (χ2v) is 7.15. The van der Waals surface area contributed by atoms with Gasteiger partial charge in [0.1, 0.15) is 11.6 Å². The summed E-state index contributed by atoms with van der Waals surface area (Å²) in [5.41, 5.74) is -0.205. The second-order valence-electron chi connectivity index (χ2n) is 5.91. The molecule has 0 fully saturated rings. The number of nitrogens with zero attached hydrogens (tertiary/aromatic N) is 1. The minimum absolute atomic E-state index is 0.00130. The van der Waals surface area contributed by atoms with Crippen molar-refractivity contribution in [2.75, 3.05) is 13.2 Å². The van der Waals surface area contributed by atoms with Crippen molar-refractivity contribution in [2.45, 2.75) is 25.4 Å². The summed E-state index contributed by atoms with van der Waals surface area (Å²) >= 11 is 1.95. The van der Waals surface area contributed by atoms with E-state index in [0.717, 1.165) is 12.1 Å². The maximum absolute atomic E-state index is 14.1. The van der Waals surface area contributed by atoms with Crippen LogP contribution >= 0.6 is 22.6 Å². The zero-order valence-corrected chi connectivity index (χ0v) is 16.4. The van der Waals surface area contributed by atoms with Crippen LogP contribution < -0.4 is 4.74 Å². The van der Waals surface area contributed by atoms with Gasteiger partial charge in [-0.25, -0.2) is 8.78 Å². The quantitative estimate of drug-likeness (QED) is 0.241. The normalized spacial score (nSPS) is 12.0. The zero-order valence-electron chi connectivity index (χ0n) is 14.2. The van der Waals surface area contributed by atoms with Crippen LogP contribution in [0.1, 0.15) is 24.0 Å².